The van der Waals surface area contributed by atoms with Crippen molar-refractivity contribution in [3.63, 3.8) is 0 Å². The molecule has 1 aromatic rings. The number of carbonyl (C=O) groups excluding carboxylic acids is 1. The number of carboxylic acids is 1. The van der Waals surface area contributed by atoms with Gasteiger partial charge in [0.1, 0.15) is 0 Å². The zero-order valence-corrected chi connectivity index (χ0v) is 10.9. The molecule has 1 atom stereocenters. The lowest BCUT2D eigenvalue weighted by atomic mass is 9.97. The number of hydrogen-bond donors (Lipinski definition) is 1. The summed E-state index contributed by atoms with van der Waals surface area (Å²) in [5, 5.41) is 8.96. The second-order valence-electron chi connectivity index (χ2n) is 4.89. The van der Waals surface area contributed by atoms with Crippen LogP contribution < -0.4 is 0 Å². The molecular weight excluding hydrogens is 289 g/mol. The van der Waals surface area contributed by atoms with Gasteiger partial charge in [0.2, 0.25) is 0 Å². The Balaban J connectivity index is 2.18. The number of pyridine rings is 1. The number of nitrogens with zero attached hydrogens (tertiary/aromatic N) is 2. The van der Waals surface area contributed by atoms with Crippen molar-refractivity contribution in [3.8, 4) is 0 Å². The van der Waals surface area contributed by atoms with Gasteiger partial charge in [0, 0.05) is 25.5 Å². The van der Waals surface area contributed by atoms with Gasteiger partial charge in [-0.25, -0.2) is 0 Å². The van der Waals surface area contributed by atoms with Crippen molar-refractivity contribution in [3.05, 3.63) is 29.6 Å². The van der Waals surface area contributed by atoms with E-state index in [1.165, 1.54) is 4.90 Å². The molecule has 0 spiro atoms. The summed E-state index contributed by atoms with van der Waals surface area (Å²) in [4.78, 5) is 27.8. The summed E-state index contributed by atoms with van der Waals surface area (Å²) in [7, 11) is 0. The van der Waals surface area contributed by atoms with Crippen molar-refractivity contribution in [2.24, 2.45) is 5.92 Å². The molecule has 1 fully saturated rings. The van der Waals surface area contributed by atoms with E-state index in [0.29, 0.717) is 25.6 Å². The standard InChI is InChI=1S/C13H13F3N2O3/c14-13(15,16)10-4-9(5-17-6-10)11(19)18-3-1-2-8(7-18)12(20)21/h4-6,8H,1-3,7H2,(H,20,21). The Morgan fingerprint density at radius 2 is 2.05 bits per heavy atom. The van der Waals surface area contributed by atoms with Crippen LogP contribution in [0.4, 0.5) is 13.2 Å². The highest BCUT2D eigenvalue weighted by molar-refractivity contribution is 5.94. The smallest absolute Gasteiger partial charge is 0.417 e. The first-order valence-electron chi connectivity index (χ1n) is 6.33. The van der Waals surface area contributed by atoms with Gasteiger partial charge in [-0.3, -0.25) is 14.6 Å². The van der Waals surface area contributed by atoms with Crippen molar-refractivity contribution in [1.82, 2.24) is 9.88 Å². The Morgan fingerprint density at radius 1 is 1.33 bits per heavy atom. The first kappa shape index (κ1) is 15.3. The number of carboxylic acid groups (broad SMARTS) is 1. The molecule has 0 saturated carbocycles. The first-order valence-corrected chi connectivity index (χ1v) is 6.33. The van der Waals surface area contributed by atoms with Crippen LogP contribution in [0.5, 0.6) is 0 Å². The van der Waals surface area contributed by atoms with Gasteiger partial charge in [0.05, 0.1) is 17.0 Å². The fraction of sp³-hybridized carbons (Fsp3) is 0.462. The number of carbonyl (C=O) groups is 2. The van der Waals surface area contributed by atoms with E-state index in [0.717, 1.165) is 12.3 Å². The first-order chi connectivity index (χ1) is 9.79. The molecule has 114 valence electrons. The normalized spacial score (nSPS) is 19.4. The molecule has 1 unspecified atom stereocenters. The van der Waals surface area contributed by atoms with Crippen LogP contribution in [0.3, 0.4) is 0 Å². The number of aromatic nitrogens is 1. The summed E-state index contributed by atoms with van der Waals surface area (Å²) in [6.45, 7) is 0.337. The van der Waals surface area contributed by atoms with Gasteiger partial charge in [-0.15, -0.1) is 0 Å². The lowest BCUT2D eigenvalue weighted by molar-refractivity contribution is -0.143. The van der Waals surface area contributed by atoms with Gasteiger partial charge in [0.15, 0.2) is 0 Å². The Hall–Kier alpha value is -2.12. The van der Waals surface area contributed by atoms with Crippen LogP contribution in [-0.2, 0) is 11.0 Å². The van der Waals surface area contributed by atoms with E-state index in [-0.39, 0.29) is 12.1 Å². The summed E-state index contributed by atoms with van der Waals surface area (Å²) >= 11 is 0. The highest BCUT2D eigenvalue weighted by Crippen LogP contribution is 2.29. The number of alkyl halides is 3. The molecule has 2 rings (SSSR count). The summed E-state index contributed by atoms with van der Waals surface area (Å²) < 4.78 is 37.8. The predicted octanol–water partition coefficient (Wildman–Crippen LogP) is 2.04. The molecule has 0 aromatic carbocycles. The Kier molecular flexibility index (Phi) is 4.15. The largest absolute Gasteiger partial charge is 0.481 e. The average Bonchev–Trinajstić information content (AvgIpc) is 2.46. The zero-order valence-electron chi connectivity index (χ0n) is 10.9. The van der Waals surface area contributed by atoms with Crippen molar-refractivity contribution in [2.75, 3.05) is 13.1 Å². The van der Waals surface area contributed by atoms with Crippen LogP contribution in [-0.4, -0.2) is 40.0 Å². The molecule has 1 aromatic heterocycles. The number of rotatable bonds is 2. The van der Waals surface area contributed by atoms with Crippen molar-refractivity contribution >= 4 is 11.9 Å². The topological polar surface area (TPSA) is 70.5 Å². The van der Waals surface area contributed by atoms with E-state index in [1.54, 1.807) is 0 Å². The molecule has 0 radical (unpaired) electrons. The minimum absolute atomic E-state index is 0.00438. The molecule has 1 amide bonds. The van der Waals surface area contributed by atoms with E-state index in [9.17, 15) is 22.8 Å². The number of aliphatic carboxylic acids is 1. The fourth-order valence-corrected chi connectivity index (χ4v) is 2.26. The SMILES string of the molecule is O=C(O)C1CCCN(C(=O)c2cncc(C(F)(F)F)c2)C1. The fourth-order valence-electron chi connectivity index (χ4n) is 2.26. The summed E-state index contributed by atoms with van der Waals surface area (Å²) in [6.07, 6.45) is -1.90. The number of halogens is 3. The van der Waals surface area contributed by atoms with E-state index in [1.807, 2.05) is 0 Å². The molecule has 8 heteroatoms. The predicted molar refractivity (Wildman–Crippen MR) is 65.5 cm³/mol. The molecule has 1 aliphatic heterocycles. The van der Waals surface area contributed by atoms with E-state index < -0.39 is 29.5 Å². The summed E-state index contributed by atoms with van der Waals surface area (Å²) in [6, 6.07) is 0.736. The number of hydrogen-bond acceptors (Lipinski definition) is 3. The highest BCUT2D eigenvalue weighted by atomic mass is 19.4. The lowest BCUT2D eigenvalue weighted by Gasteiger charge is -2.30. The van der Waals surface area contributed by atoms with Gasteiger partial charge < -0.3 is 10.0 Å². The number of amides is 1. The van der Waals surface area contributed by atoms with E-state index in [2.05, 4.69) is 4.98 Å². The number of likely N-dealkylation sites (tertiary alicyclic amines) is 1. The Bertz CT molecular complexity index is 560. The summed E-state index contributed by atoms with van der Waals surface area (Å²) in [5.74, 6) is -2.31. The van der Waals surface area contributed by atoms with Crippen LogP contribution in [0, 0.1) is 5.92 Å². The Morgan fingerprint density at radius 3 is 2.67 bits per heavy atom. The third-order valence-electron chi connectivity index (χ3n) is 3.37. The minimum Gasteiger partial charge on any atom is -0.481 e. The van der Waals surface area contributed by atoms with Crippen LogP contribution in [0.2, 0.25) is 0 Å². The van der Waals surface area contributed by atoms with E-state index >= 15 is 0 Å². The van der Waals surface area contributed by atoms with Gasteiger partial charge in [-0.05, 0) is 18.9 Å². The van der Waals surface area contributed by atoms with Gasteiger partial charge in [-0.1, -0.05) is 0 Å². The second-order valence-corrected chi connectivity index (χ2v) is 4.89. The maximum Gasteiger partial charge on any atom is 0.417 e. The summed E-state index contributed by atoms with van der Waals surface area (Å²) in [5.41, 5.74) is -1.18. The highest BCUT2D eigenvalue weighted by Gasteiger charge is 2.33. The molecule has 0 aliphatic carbocycles. The molecular formula is C13H13F3N2O3. The molecule has 1 saturated heterocycles. The zero-order chi connectivity index (χ0) is 15.6. The molecule has 5 nitrogen and oxygen atoms in total. The third kappa shape index (κ3) is 3.50. The monoisotopic (exact) mass is 302 g/mol. The molecule has 1 N–H and O–H groups in total. The maximum absolute atomic E-state index is 12.6. The van der Waals surface area contributed by atoms with Gasteiger partial charge in [0.25, 0.3) is 5.91 Å². The molecule has 21 heavy (non-hydrogen) atoms. The van der Waals surface area contributed by atoms with Gasteiger partial charge in [-0.2, -0.15) is 13.2 Å². The molecule has 2 heterocycles. The molecule has 0 bridgehead atoms. The quantitative estimate of drug-likeness (QED) is 0.907. The third-order valence-corrected chi connectivity index (χ3v) is 3.37. The number of piperidine rings is 1. The average molecular weight is 302 g/mol. The molecule has 1 aliphatic rings. The van der Waals surface area contributed by atoms with Crippen LogP contribution >= 0.6 is 0 Å². The van der Waals surface area contributed by atoms with Crippen LogP contribution in [0.1, 0.15) is 28.8 Å². The van der Waals surface area contributed by atoms with Crippen molar-refractivity contribution < 1.29 is 27.9 Å². The van der Waals surface area contributed by atoms with Crippen LogP contribution in [0.25, 0.3) is 0 Å². The van der Waals surface area contributed by atoms with Crippen LogP contribution in [0.15, 0.2) is 18.5 Å². The maximum atomic E-state index is 12.6. The lowest BCUT2D eigenvalue weighted by Crippen LogP contribution is -2.42. The van der Waals surface area contributed by atoms with Gasteiger partial charge >= 0.3 is 12.1 Å². The van der Waals surface area contributed by atoms with Crippen molar-refractivity contribution in [1.29, 1.82) is 0 Å². The Labute approximate surface area is 118 Å². The minimum atomic E-state index is -4.57. The van der Waals surface area contributed by atoms with E-state index in [4.69, 9.17) is 5.11 Å². The van der Waals surface area contributed by atoms with Crippen molar-refractivity contribution in [2.45, 2.75) is 19.0 Å². The second kappa shape index (κ2) is 5.71.